The van der Waals surface area contributed by atoms with E-state index in [1.54, 1.807) is 26.6 Å². The van der Waals surface area contributed by atoms with Crippen LogP contribution in [-0.4, -0.2) is 74.3 Å². The molecule has 0 amide bonds. The maximum atomic E-state index is 5.51. The Bertz CT molecular complexity index is 1200. The van der Waals surface area contributed by atoms with Gasteiger partial charge < -0.3 is 29.3 Å². The number of ether oxygens (including phenoxy) is 3. The quantitative estimate of drug-likeness (QED) is 0.569. The van der Waals surface area contributed by atoms with Gasteiger partial charge in [-0.05, 0) is 12.1 Å². The largest absolute Gasteiger partial charge is 0.497 e. The number of aliphatic imine (C=N–C) groups is 1. The second kappa shape index (κ2) is 9.92. The average Bonchev–Trinajstić information content (AvgIpc) is 2.91. The number of nitrogens with one attached hydrogen (secondary N) is 1. The smallest absolute Gasteiger partial charge is 0.182 e. The second-order valence-corrected chi connectivity index (χ2v) is 7.89. The molecular weight excluding hydrogens is 434 g/mol. The molecule has 4 heterocycles. The van der Waals surface area contributed by atoms with Crippen molar-refractivity contribution in [2.24, 2.45) is 4.99 Å². The molecule has 1 aromatic carbocycles. The first kappa shape index (κ1) is 21.9. The van der Waals surface area contributed by atoms with Crippen LogP contribution in [0.1, 0.15) is 0 Å². The number of nitrogens with zero attached hydrogens (tertiary/aromatic N) is 6. The van der Waals surface area contributed by atoms with Crippen molar-refractivity contribution in [3.8, 4) is 11.5 Å². The van der Waals surface area contributed by atoms with Gasteiger partial charge in [0, 0.05) is 43.7 Å². The van der Waals surface area contributed by atoms with Gasteiger partial charge in [0.05, 0.1) is 58.1 Å². The first-order chi connectivity index (χ1) is 16.7. The lowest BCUT2D eigenvalue weighted by Crippen LogP contribution is -2.36. The summed E-state index contributed by atoms with van der Waals surface area (Å²) < 4.78 is 16.5. The summed E-state index contributed by atoms with van der Waals surface area (Å²) in [5.41, 5.74) is 3.17. The Morgan fingerprint density at radius 1 is 1.06 bits per heavy atom. The summed E-state index contributed by atoms with van der Waals surface area (Å²) in [5, 5.41) is 3.22. The Kier molecular flexibility index (Phi) is 6.39. The lowest BCUT2D eigenvalue weighted by molar-refractivity contribution is 0.122. The first-order valence-corrected chi connectivity index (χ1v) is 11.1. The number of aromatic nitrogens is 3. The minimum Gasteiger partial charge on any atom is -0.497 e. The molecule has 3 aromatic rings. The first-order valence-electron chi connectivity index (χ1n) is 11.1. The molecule has 0 spiro atoms. The van der Waals surface area contributed by atoms with E-state index in [2.05, 4.69) is 25.1 Å². The molecule has 2 aromatic heterocycles. The van der Waals surface area contributed by atoms with Crippen LogP contribution < -0.4 is 24.6 Å². The van der Waals surface area contributed by atoms with E-state index >= 15 is 0 Å². The van der Waals surface area contributed by atoms with Gasteiger partial charge in [-0.25, -0.2) is 15.0 Å². The molecule has 0 bridgehead atoms. The van der Waals surface area contributed by atoms with Crippen LogP contribution in [0.5, 0.6) is 11.5 Å². The fourth-order valence-corrected chi connectivity index (χ4v) is 3.92. The van der Waals surface area contributed by atoms with Crippen LogP contribution in [-0.2, 0) is 4.74 Å². The third kappa shape index (κ3) is 4.72. The zero-order chi connectivity index (χ0) is 23.3. The number of fused-ring (bicyclic) bond motifs is 1. The number of anilines is 3. The Labute approximate surface area is 197 Å². The van der Waals surface area contributed by atoms with Gasteiger partial charge in [0.2, 0.25) is 0 Å². The molecule has 34 heavy (non-hydrogen) atoms. The predicted octanol–water partition coefficient (Wildman–Crippen LogP) is 2.53. The van der Waals surface area contributed by atoms with E-state index in [1.807, 2.05) is 36.5 Å². The number of morpholine rings is 1. The Balaban J connectivity index is 1.56. The number of methoxy groups -OCH3 is 2. The van der Waals surface area contributed by atoms with Gasteiger partial charge >= 0.3 is 0 Å². The van der Waals surface area contributed by atoms with Gasteiger partial charge in [-0.3, -0.25) is 4.99 Å². The summed E-state index contributed by atoms with van der Waals surface area (Å²) in [6.45, 7) is 4.13. The fraction of sp³-hybridized carbons (Fsp3) is 0.333. The molecule has 1 N–H and O–H groups in total. The highest BCUT2D eigenvalue weighted by Crippen LogP contribution is 2.33. The molecule has 10 nitrogen and oxygen atoms in total. The molecule has 0 radical (unpaired) electrons. The zero-order valence-electron chi connectivity index (χ0n) is 19.3. The molecule has 0 saturated carbocycles. The molecule has 176 valence electrons. The molecule has 1 fully saturated rings. The average molecular weight is 462 g/mol. The number of hydrogen-bond donors (Lipinski definition) is 1. The minimum absolute atomic E-state index is 0.531. The Hall–Kier alpha value is -3.92. The fourth-order valence-electron chi connectivity index (χ4n) is 3.92. The third-order valence-electron chi connectivity index (χ3n) is 5.74. The van der Waals surface area contributed by atoms with Crippen LogP contribution >= 0.6 is 0 Å². The van der Waals surface area contributed by atoms with Crippen molar-refractivity contribution in [3.63, 3.8) is 0 Å². The monoisotopic (exact) mass is 461 g/mol. The van der Waals surface area contributed by atoms with Crippen LogP contribution in [0.4, 0.5) is 17.3 Å². The van der Waals surface area contributed by atoms with Crippen LogP contribution in [0, 0.1) is 0 Å². The van der Waals surface area contributed by atoms with Gasteiger partial charge in [-0.15, -0.1) is 0 Å². The van der Waals surface area contributed by atoms with E-state index in [0.29, 0.717) is 43.4 Å². The zero-order valence-corrected chi connectivity index (χ0v) is 19.3. The number of rotatable bonds is 7. The molecule has 0 unspecified atom stereocenters. The van der Waals surface area contributed by atoms with E-state index in [9.17, 15) is 0 Å². The van der Waals surface area contributed by atoms with Crippen molar-refractivity contribution in [2.45, 2.75) is 0 Å². The maximum absolute atomic E-state index is 5.51. The molecule has 1 saturated heterocycles. The van der Waals surface area contributed by atoms with Crippen molar-refractivity contribution in [3.05, 3.63) is 48.9 Å². The maximum Gasteiger partial charge on any atom is 0.182 e. The van der Waals surface area contributed by atoms with E-state index < -0.39 is 0 Å². The van der Waals surface area contributed by atoms with Crippen molar-refractivity contribution >= 4 is 34.2 Å². The van der Waals surface area contributed by atoms with Gasteiger partial charge in [0.25, 0.3) is 0 Å². The van der Waals surface area contributed by atoms with E-state index in [1.165, 1.54) is 0 Å². The minimum atomic E-state index is 0.531. The van der Waals surface area contributed by atoms with Crippen LogP contribution in [0.25, 0.3) is 11.2 Å². The van der Waals surface area contributed by atoms with E-state index in [0.717, 1.165) is 41.6 Å². The molecule has 10 heteroatoms. The lowest BCUT2D eigenvalue weighted by Gasteiger charge is -2.28. The van der Waals surface area contributed by atoms with Gasteiger partial charge in [0.1, 0.15) is 28.7 Å². The van der Waals surface area contributed by atoms with Crippen LogP contribution in [0.3, 0.4) is 0 Å². The molecule has 2 aliphatic rings. The molecular formula is C24H27N7O3. The SMILES string of the molecule is COc1cc(OC)cc(N(CC2=NC=CNC2)c2ccc3ncc(N4CCOCC4)nc3n2)c1. The summed E-state index contributed by atoms with van der Waals surface area (Å²) in [5.74, 6) is 2.92. The number of pyridine rings is 1. The van der Waals surface area contributed by atoms with Gasteiger partial charge in [0.15, 0.2) is 5.65 Å². The second-order valence-electron chi connectivity index (χ2n) is 7.89. The highest BCUT2D eigenvalue weighted by atomic mass is 16.5. The molecule has 5 rings (SSSR count). The van der Waals surface area contributed by atoms with Crippen LogP contribution in [0.2, 0.25) is 0 Å². The third-order valence-corrected chi connectivity index (χ3v) is 5.74. The molecule has 2 aliphatic heterocycles. The summed E-state index contributed by atoms with van der Waals surface area (Å²) >= 11 is 0. The topological polar surface area (TPSA) is 97.2 Å². The number of hydrogen-bond acceptors (Lipinski definition) is 10. The normalized spacial score (nSPS) is 15.6. The van der Waals surface area contributed by atoms with Crippen molar-refractivity contribution in [2.75, 3.05) is 63.4 Å². The highest BCUT2D eigenvalue weighted by molar-refractivity contribution is 5.93. The van der Waals surface area contributed by atoms with Crippen molar-refractivity contribution < 1.29 is 14.2 Å². The summed E-state index contributed by atoms with van der Waals surface area (Å²) in [6, 6.07) is 9.65. The van der Waals surface area contributed by atoms with Gasteiger partial charge in [-0.1, -0.05) is 0 Å². The van der Waals surface area contributed by atoms with Crippen LogP contribution in [0.15, 0.2) is 53.9 Å². The Morgan fingerprint density at radius 3 is 2.56 bits per heavy atom. The Morgan fingerprint density at radius 2 is 1.85 bits per heavy atom. The summed E-state index contributed by atoms with van der Waals surface area (Å²) in [7, 11) is 3.28. The summed E-state index contributed by atoms with van der Waals surface area (Å²) in [6.07, 6.45) is 5.39. The standard InChI is InChI=1S/C24H27N7O3/c1-32-19-11-18(12-20(13-19)33-2)31(16-17-14-25-5-6-26-17)22-4-3-21-24(28-22)29-23(15-27-21)30-7-9-34-10-8-30/h3-6,11-13,15,25H,7-10,14,16H2,1-2H3. The number of benzene rings is 1. The van der Waals surface area contributed by atoms with E-state index in [-0.39, 0.29) is 0 Å². The van der Waals surface area contributed by atoms with Gasteiger partial charge in [-0.2, -0.15) is 0 Å². The summed E-state index contributed by atoms with van der Waals surface area (Å²) in [4.78, 5) is 23.1. The van der Waals surface area contributed by atoms with Crippen molar-refractivity contribution in [1.82, 2.24) is 20.3 Å². The van der Waals surface area contributed by atoms with E-state index in [4.69, 9.17) is 24.2 Å². The molecule has 0 aliphatic carbocycles. The van der Waals surface area contributed by atoms with Crippen molar-refractivity contribution in [1.29, 1.82) is 0 Å². The highest BCUT2D eigenvalue weighted by Gasteiger charge is 2.19. The lowest BCUT2D eigenvalue weighted by atomic mass is 10.2. The predicted molar refractivity (Wildman–Crippen MR) is 131 cm³/mol. The molecule has 0 atom stereocenters.